The predicted octanol–water partition coefficient (Wildman–Crippen LogP) is 3.72. The van der Waals surface area contributed by atoms with Crippen molar-refractivity contribution in [2.24, 2.45) is 0 Å². The molecule has 36 heavy (non-hydrogen) atoms. The van der Waals surface area contributed by atoms with E-state index in [9.17, 15) is 27.5 Å². The number of ketones is 1. The fourth-order valence-corrected chi connectivity index (χ4v) is 3.39. The number of carbonyl (C=O) groups excluding carboxylic acids is 2. The summed E-state index contributed by atoms with van der Waals surface area (Å²) in [6.45, 7) is 7.71. The van der Waals surface area contributed by atoms with Crippen LogP contribution in [0, 0.1) is 5.82 Å². The van der Waals surface area contributed by atoms with Crippen LogP contribution in [0.15, 0.2) is 30.3 Å². The number of hydrogen-bond acceptors (Lipinski definition) is 8. The van der Waals surface area contributed by atoms with Crippen molar-refractivity contribution in [3.63, 3.8) is 0 Å². The summed E-state index contributed by atoms with van der Waals surface area (Å²) in [6.07, 6.45) is 1.98. The third kappa shape index (κ3) is 8.80. The van der Waals surface area contributed by atoms with E-state index in [1.165, 1.54) is 50.6 Å². The molecule has 0 amide bonds. The second-order valence-corrected chi connectivity index (χ2v) is 10.00. The van der Waals surface area contributed by atoms with Crippen LogP contribution in [-0.2, 0) is 24.3 Å². The first-order valence-electron chi connectivity index (χ1n) is 11.4. The van der Waals surface area contributed by atoms with Gasteiger partial charge in [0.1, 0.15) is 18.0 Å². The van der Waals surface area contributed by atoms with Crippen molar-refractivity contribution < 1.29 is 32.2 Å². The van der Waals surface area contributed by atoms with Gasteiger partial charge in [0, 0.05) is 24.6 Å². The fraction of sp³-hybridized carbons (Fsp3) is 0.440. The molecule has 9 nitrogen and oxygen atoms in total. The van der Waals surface area contributed by atoms with Crippen LogP contribution < -0.4 is 4.31 Å². The Balaban J connectivity index is 0.00000316. The van der Waals surface area contributed by atoms with E-state index in [1.807, 2.05) is 27.7 Å². The Bertz CT molecular complexity index is 1180. The van der Waals surface area contributed by atoms with E-state index in [2.05, 4.69) is 14.7 Å². The summed E-state index contributed by atoms with van der Waals surface area (Å²) in [5.74, 6) is -1.87. The van der Waals surface area contributed by atoms with Crippen LogP contribution in [0.4, 0.5) is 10.3 Å². The molecule has 0 aliphatic heterocycles. The van der Waals surface area contributed by atoms with Gasteiger partial charge in [-0.1, -0.05) is 39.8 Å². The molecule has 0 saturated carbocycles. The quantitative estimate of drug-likeness (QED) is 0.369. The summed E-state index contributed by atoms with van der Waals surface area (Å²) in [5, 5.41) is 10.3. The SMILES string of the molecule is CC.COC(=O)CC(=O)C[C@H](O)/C=C/c1c(-c2ccc(F)cc2)nc(N(C)S(C)(=O)=O)nc1C(C)C. The maximum absolute atomic E-state index is 13.5. The van der Waals surface area contributed by atoms with Gasteiger partial charge in [0.15, 0.2) is 0 Å². The van der Waals surface area contributed by atoms with Gasteiger partial charge in [0.2, 0.25) is 16.0 Å². The second kappa shape index (κ2) is 13.8. The minimum atomic E-state index is -3.65. The van der Waals surface area contributed by atoms with Gasteiger partial charge in [-0.3, -0.25) is 9.59 Å². The summed E-state index contributed by atoms with van der Waals surface area (Å²) in [4.78, 5) is 32.0. The summed E-state index contributed by atoms with van der Waals surface area (Å²) in [5.41, 5.74) is 1.80. The number of benzene rings is 1. The molecule has 1 heterocycles. The topological polar surface area (TPSA) is 127 Å². The van der Waals surface area contributed by atoms with Crippen LogP contribution in [0.25, 0.3) is 17.3 Å². The summed E-state index contributed by atoms with van der Waals surface area (Å²) < 4.78 is 43.1. The molecule has 198 valence electrons. The van der Waals surface area contributed by atoms with Crippen molar-refractivity contribution in [3.8, 4) is 11.3 Å². The molecule has 11 heteroatoms. The smallest absolute Gasteiger partial charge is 0.313 e. The first-order chi connectivity index (χ1) is 16.8. The molecular formula is C25H34FN3O6S. The Kier molecular flexibility index (Phi) is 11.8. The average Bonchev–Trinajstić information content (AvgIpc) is 2.82. The molecule has 1 atom stereocenters. The predicted molar refractivity (Wildman–Crippen MR) is 137 cm³/mol. The fourth-order valence-electron chi connectivity index (χ4n) is 3.01. The third-order valence-corrected chi connectivity index (χ3v) is 6.06. The van der Waals surface area contributed by atoms with Gasteiger partial charge in [-0.15, -0.1) is 0 Å². The molecule has 0 bridgehead atoms. The minimum absolute atomic E-state index is 0.0588. The van der Waals surface area contributed by atoms with E-state index in [4.69, 9.17) is 0 Å². The van der Waals surface area contributed by atoms with E-state index in [0.29, 0.717) is 22.5 Å². The van der Waals surface area contributed by atoms with Gasteiger partial charge >= 0.3 is 5.97 Å². The van der Waals surface area contributed by atoms with Crippen molar-refractivity contribution in [1.29, 1.82) is 0 Å². The molecule has 0 spiro atoms. The molecule has 1 aromatic heterocycles. The third-order valence-electron chi connectivity index (χ3n) is 4.90. The summed E-state index contributed by atoms with van der Waals surface area (Å²) in [7, 11) is -1.16. The lowest BCUT2D eigenvalue weighted by Gasteiger charge is -2.20. The summed E-state index contributed by atoms with van der Waals surface area (Å²) in [6, 6.07) is 5.50. The van der Waals surface area contributed by atoms with Gasteiger partial charge in [0.05, 0.1) is 30.9 Å². The number of sulfonamides is 1. The normalized spacial score (nSPS) is 12.2. The van der Waals surface area contributed by atoms with Crippen molar-refractivity contribution in [1.82, 2.24) is 9.97 Å². The number of aliphatic hydroxyl groups is 1. The Morgan fingerprint density at radius 2 is 1.75 bits per heavy atom. The van der Waals surface area contributed by atoms with Crippen molar-refractivity contribution in [3.05, 3.63) is 47.4 Å². The maximum Gasteiger partial charge on any atom is 0.313 e. The second-order valence-electron chi connectivity index (χ2n) is 7.99. The minimum Gasteiger partial charge on any atom is -0.469 e. The van der Waals surface area contributed by atoms with Gasteiger partial charge in [0.25, 0.3) is 0 Å². The van der Waals surface area contributed by atoms with E-state index in [0.717, 1.165) is 10.6 Å². The largest absolute Gasteiger partial charge is 0.469 e. The first kappa shape index (κ1) is 30.9. The van der Waals surface area contributed by atoms with Crippen LogP contribution in [-0.4, -0.2) is 61.8 Å². The molecule has 1 aromatic carbocycles. The molecule has 1 N–H and O–H groups in total. The number of methoxy groups -OCH3 is 1. The van der Waals surface area contributed by atoms with Crippen molar-refractivity contribution in [2.75, 3.05) is 24.7 Å². The Morgan fingerprint density at radius 3 is 2.25 bits per heavy atom. The highest BCUT2D eigenvalue weighted by Crippen LogP contribution is 2.31. The molecular weight excluding hydrogens is 489 g/mol. The molecule has 0 radical (unpaired) electrons. The molecule has 2 rings (SSSR count). The van der Waals surface area contributed by atoms with Gasteiger partial charge in [-0.25, -0.2) is 27.1 Å². The number of rotatable bonds is 10. The van der Waals surface area contributed by atoms with Gasteiger partial charge < -0.3 is 9.84 Å². The van der Waals surface area contributed by atoms with Crippen LogP contribution in [0.5, 0.6) is 0 Å². The maximum atomic E-state index is 13.5. The number of aliphatic hydroxyl groups excluding tert-OH is 1. The lowest BCUT2D eigenvalue weighted by molar-refractivity contribution is -0.143. The van der Waals surface area contributed by atoms with Crippen LogP contribution >= 0.6 is 0 Å². The average molecular weight is 524 g/mol. The van der Waals surface area contributed by atoms with E-state index in [1.54, 1.807) is 0 Å². The monoisotopic (exact) mass is 523 g/mol. The zero-order valence-corrected chi connectivity index (χ0v) is 22.5. The molecule has 0 aliphatic rings. The zero-order valence-electron chi connectivity index (χ0n) is 21.6. The van der Waals surface area contributed by atoms with Crippen molar-refractivity contribution >= 4 is 33.8 Å². The van der Waals surface area contributed by atoms with Crippen LogP contribution in [0.3, 0.4) is 0 Å². The van der Waals surface area contributed by atoms with E-state index < -0.39 is 40.1 Å². The lowest BCUT2D eigenvalue weighted by atomic mass is 9.97. The highest BCUT2D eigenvalue weighted by Gasteiger charge is 2.22. The number of hydrogen-bond donors (Lipinski definition) is 1. The zero-order chi connectivity index (χ0) is 27.6. The number of esters is 1. The number of Topliss-reactive ketones (excluding diaryl/α,β-unsaturated/α-hetero) is 1. The Morgan fingerprint density at radius 1 is 1.17 bits per heavy atom. The molecule has 0 unspecified atom stereocenters. The Labute approximate surface area is 212 Å². The summed E-state index contributed by atoms with van der Waals surface area (Å²) >= 11 is 0. The molecule has 2 aromatic rings. The first-order valence-corrected chi connectivity index (χ1v) is 13.2. The number of halogens is 1. The van der Waals surface area contributed by atoms with E-state index >= 15 is 0 Å². The van der Waals surface area contributed by atoms with Gasteiger partial charge in [-0.05, 0) is 30.2 Å². The Hall–Kier alpha value is -3.18. The van der Waals surface area contributed by atoms with Gasteiger partial charge in [-0.2, -0.15) is 0 Å². The number of aromatic nitrogens is 2. The van der Waals surface area contributed by atoms with Crippen molar-refractivity contribution in [2.45, 2.75) is 52.6 Å². The lowest BCUT2D eigenvalue weighted by Crippen LogP contribution is -2.27. The standard InChI is InChI=1S/C23H28FN3O6S.C2H6/c1-14(2)21-19(11-10-17(28)12-18(29)13-20(30)33-4)22(15-6-8-16(24)9-7-15)26-23(25-21)27(3)34(5,31)32;1-2/h6-11,14,17,28H,12-13H2,1-5H3;1-2H3/b11-10+;/t17-;/m1./s1. The number of anilines is 1. The number of ether oxygens (including phenoxy) is 1. The molecule has 0 aliphatic carbocycles. The molecule has 0 fully saturated rings. The van der Waals surface area contributed by atoms with E-state index in [-0.39, 0.29) is 18.3 Å². The number of nitrogens with zero attached hydrogens (tertiary/aromatic N) is 3. The van der Waals surface area contributed by atoms with Crippen LogP contribution in [0.1, 0.15) is 57.7 Å². The number of carbonyl (C=O) groups is 2. The highest BCUT2D eigenvalue weighted by molar-refractivity contribution is 7.92. The van der Waals surface area contributed by atoms with Crippen LogP contribution in [0.2, 0.25) is 0 Å². The highest BCUT2D eigenvalue weighted by atomic mass is 32.2. The molecule has 0 saturated heterocycles.